The van der Waals surface area contributed by atoms with Crippen LogP contribution < -0.4 is 5.73 Å². The molecule has 0 aromatic heterocycles. The van der Waals surface area contributed by atoms with Crippen LogP contribution in [0.4, 0.5) is 8.78 Å². The van der Waals surface area contributed by atoms with Crippen LogP contribution in [0.25, 0.3) is 0 Å². The second kappa shape index (κ2) is 5.72. The fraction of sp³-hybridized carbons (Fsp3) is 0.417. The summed E-state index contributed by atoms with van der Waals surface area (Å²) >= 11 is 0. The molecule has 0 saturated carbocycles. The third kappa shape index (κ3) is 3.23. The molecule has 3 nitrogen and oxygen atoms in total. The van der Waals surface area contributed by atoms with Crippen molar-refractivity contribution in [1.82, 2.24) is 4.90 Å². The van der Waals surface area contributed by atoms with E-state index < -0.39 is 17.7 Å². The Morgan fingerprint density at radius 1 is 1.41 bits per heavy atom. The maximum absolute atomic E-state index is 13.4. The van der Waals surface area contributed by atoms with Crippen LogP contribution in [0.1, 0.15) is 19.4 Å². The second-order valence-electron chi connectivity index (χ2n) is 3.84. The van der Waals surface area contributed by atoms with Crippen molar-refractivity contribution in [2.45, 2.75) is 26.4 Å². The Balaban J connectivity index is 2.92. The van der Waals surface area contributed by atoms with E-state index in [1.807, 2.05) is 0 Å². The van der Waals surface area contributed by atoms with Gasteiger partial charge in [0.25, 0.3) is 0 Å². The smallest absolute Gasteiger partial charge is 0.239 e. The summed E-state index contributed by atoms with van der Waals surface area (Å²) in [5.74, 6) is -1.63. The molecule has 0 unspecified atom stereocenters. The van der Waals surface area contributed by atoms with Gasteiger partial charge in [-0.05, 0) is 26.0 Å². The fourth-order valence-corrected chi connectivity index (χ4v) is 1.51. The van der Waals surface area contributed by atoms with Crippen LogP contribution in [0, 0.1) is 11.6 Å². The van der Waals surface area contributed by atoms with Crippen LogP contribution in [0.3, 0.4) is 0 Å². The van der Waals surface area contributed by atoms with Gasteiger partial charge in [-0.25, -0.2) is 8.78 Å². The Hall–Kier alpha value is -1.49. The Morgan fingerprint density at radius 2 is 1.94 bits per heavy atom. The number of rotatable bonds is 4. The van der Waals surface area contributed by atoms with Gasteiger partial charge in [0.15, 0.2) is 0 Å². The quantitative estimate of drug-likeness (QED) is 0.872. The van der Waals surface area contributed by atoms with Crippen molar-refractivity contribution in [2.24, 2.45) is 5.73 Å². The molecule has 0 aliphatic rings. The van der Waals surface area contributed by atoms with E-state index >= 15 is 0 Å². The van der Waals surface area contributed by atoms with Gasteiger partial charge in [0.1, 0.15) is 11.6 Å². The Bertz CT molecular complexity index is 387. The summed E-state index contributed by atoms with van der Waals surface area (Å²) in [6.45, 7) is 3.53. The van der Waals surface area contributed by atoms with Crippen molar-refractivity contribution in [2.75, 3.05) is 6.54 Å². The second-order valence-corrected chi connectivity index (χ2v) is 3.84. The molecule has 1 atom stereocenters. The van der Waals surface area contributed by atoms with Gasteiger partial charge >= 0.3 is 0 Å². The van der Waals surface area contributed by atoms with Gasteiger partial charge in [0.2, 0.25) is 5.91 Å². The molecule has 1 aromatic carbocycles. The summed E-state index contributed by atoms with van der Waals surface area (Å²) < 4.78 is 26.8. The predicted octanol–water partition coefficient (Wildman–Crippen LogP) is 1.66. The highest BCUT2D eigenvalue weighted by molar-refractivity contribution is 5.81. The highest BCUT2D eigenvalue weighted by atomic mass is 19.1. The van der Waals surface area contributed by atoms with E-state index in [9.17, 15) is 13.6 Å². The molecule has 2 N–H and O–H groups in total. The van der Waals surface area contributed by atoms with E-state index in [0.717, 1.165) is 0 Å². The number of likely N-dealkylation sites (N-methyl/N-ethyl adjacent to an activating group) is 1. The van der Waals surface area contributed by atoms with Crippen molar-refractivity contribution in [3.8, 4) is 0 Å². The van der Waals surface area contributed by atoms with Crippen LogP contribution in [0.15, 0.2) is 18.2 Å². The Labute approximate surface area is 99.2 Å². The Kier molecular flexibility index (Phi) is 4.57. The first-order chi connectivity index (χ1) is 7.97. The number of carbonyl (C=O) groups is 1. The molecule has 1 aromatic rings. The highest BCUT2D eigenvalue weighted by Crippen LogP contribution is 2.14. The minimum Gasteiger partial charge on any atom is -0.337 e. The summed E-state index contributed by atoms with van der Waals surface area (Å²) in [4.78, 5) is 13.0. The molecule has 5 heteroatoms. The van der Waals surface area contributed by atoms with Gasteiger partial charge in [-0.3, -0.25) is 4.79 Å². The summed E-state index contributed by atoms with van der Waals surface area (Å²) in [5.41, 5.74) is 5.36. The molecule has 0 saturated heterocycles. The lowest BCUT2D eigenvalue weighted by atomic mass is 10.1. The average Bonchev–Trinajstić information content (AvgIpc) is 2.28. The standard InChI is InChI=1S/C12H16F2N2O/c1-3-16(12(17)8(2)15)7-9-10(13)5-4-6-11(9)14/h4-6,8H,3,7,15H2,1-2H3/t8-/m1/s1. The molecule has 1 amide bonds. The maximum Gasteiger partial charge on any atom is 0.239 e. The summed E-state index contributed by atoms with van der Waals surface area (Å²) in [5, 5.41) is 0. The van der Waals surface area contributed by atoms with E-state index in [1.54, 1.807) is 13.8 Å². The van der Waals surface area contributed by atoms with Crippen molar-refractivity contribution >= 4 is 5.91 Å². The van der Waals surface area contributed by atoms with Gasteiger partial charge in [0, 0.05) is 12.1 Å². The first-order valence-corrected chi connectivity index (χ1v) is 5.44. The molecule has 0 radical (unpaired) electrons. The van der Waals surface area contributed by atoms with Crippen LogP contribution in [-0.4, -0.2) is 23.4 Å². The molecule has 1 rings (SSSR count). The average molecular weight is 242 g/mol. The van der Waals surface area contributed by atoms with Crippen molar-refractivity contribution in [1.29, 1.82) is 0 Å². The van der Waals surface area contributed by atoms with Crippen LogP contribution >= 0.6 is 0 Å². The number of hydrogen-bond donors (Lipinski definition) is 1. The van der Waals surface area contributed by atoms with E-state index in [1.165, 1.54) is 23.1 Å². The number of halogens is 2. The number of amides is 1. The normalized spacial score (nSPS) is 12.3. The first-order valence-electron chi connectivity index (χ1n) is 5.44. The number of nitrogens with zero attached hydrogens (tertiary/aromatic N) is 1. The van der Waals surface area contributed by atoms with Gasteiger partial charge in [-0.1, -0.05) is 6.07 Å². The molecule has 0 aliphatic heterocycles. The fourth-order valence-electron chi connectivity index (χ4n) is 1.51. The summed E-state index contributed by atoms with van der Waals surface area (Å²) in [7, 11) is 0. The highest BCUT2D eigenvalue weighted by Gasteiger charge is 2.19. The molecule has 0 spiro atoms. The van der Waals surface area contributed by atoms with Crippen molar-refractivity contribution in [3.05, 3.63) is 35.4 Å². The molecule has 0 bridgehead atoms. The monoisotopic (exact) mass is 242 g/mol. The summed E-state index contributed by atoms with van der Waals surface area (Å²) in [6, 6.07) is 2.95. The lowest BCUT2D eigenvalue weighted by Crippen LogP contribution is -2.41. The number of hydrogen-bond acceptors (Lipinski definition) is 2. The minimum atomic E-state index is -0.676. The molecule has 17 heavy (non-hydrogen) atoms. The van der Waals surface area contributed by atoms with E-state index in [0.29, 0.717) is 6.54 Å². The molecule has 94 valence electrons. The molecule has 0 heterocycles. The lowest BCUT2D eigenvalue weighted by molar-refractivity contribution is -0.132. The maximum atomic E-state index is 13.4. The zero-order valence-electron chi connectivity index (χ0n) is 9.91. The number of benzene rings is 1. The number of carbonyl (C=O) groups excluding carboxylic acids is 1. The molecular formula is C12H16F2N2O. The van der Waals surface area contributed by atoms with Crippen LogP contribution in [-0.2, 0) is 11.3 Å². The van der Waals surface area contributed by atoms with Crippen LogP contribution in [0.2, 0.25) is 0 Å². The third-order valence-electron chi connectivity index (χ3n) is 2.49. The van der Waals surface area contributed by atoms with Crippen molar-refractivity contribution < 1.29 is 13.6 Å². The van der Waals surface area contributed by atoms with E-state index in [4.69, 9.17) is 5.73 Å². The third-order valence-corrected chi connectivity index (χ3v) is 2.49. The molecular weight excluding hydrogens is 226 g/mol. The lowest BCUT2D eigenvalue weighted by Gasteiger charge is -2.23. The predicted molar refractivity (Wildman–Crippen MR) is 61.1 cm³/mol. The number of nitrogens with two attached hydrogens (primary N) is 1. The molecule has 0 fully saturated rings. The Morgan fingerprint density at radius 3 is 2.35 bits per heavy atom. The SMILES string of the molecule is CCN(Cc1c(F)cccc1F)C(=O)[C@@H](C)N. The van der Waals surface area contributed by atoms with E-state index in [2.05, 4.69) is 0 Å². The first kappa shape index (κ1) is 13.6. The molecule has 0 aliphatic carbocycles. The zero-order valence-corrected chi connectivity index (χ0v) is 9.91. The van der Waals surface area contributed by atoms with Gasteiger partial charge < -0.3 is 10.6 Å². The van der Waals surface area contributed by atoms with Gasteiger partial charge in [-0.2, -0.15) is 0 Å². The minimum absolute atomic E-state index is 0.102. The van der Waals surface area contributed by atoms with Gasteiger partial charge in [-0.15, -0.1) is 0 Å². The van der Waals surface area contributed by atoms with Crippen molar-refractivity contribution in [3.63, 3.8) is 0 Å². The van der Waals surface area contributed by atoms with E-state index in [-0.39, 0.29) is 18.0 Å². The largest absolute Gasteiger partial charge is 0.337 e. The topological polar surface area (TPSA) is 46.3 Å². The summed E-state index contributed by atoms with van der Waals surface area (Å²) in [6.07, 6.45) is 0. The van der Waals surface area contributed by atoms with Crippen LogP contribution in [0.5, 0.6) is 0 Å². The zero-order chi connectivity index (χ0) is 13.0. The van der Waals surface area contributed by atoms with Gasteiger partial charge in [0.05, 0.1) is 12.6 Å².